The number of fused-ring (bicyclic) bond motifs is 1. The van der Waals surface area contributed by atoms with Crippen molar-refractivity contribution in [2.45, 2.75) is 20.0 Å². The lowest BCUT2D eigenvalue weighted by atomic mass is 10.1. The van der Waals surface area contributed by atoms with Crippen LogP contribution >= 0.6 is 0 Å². The van der Waals surface area contributed by atoms with Gasteiger partial charge in [0.25, 0.3) is 0 Å². The Bertz CT molecular complexity index is 1370. The Morgan fingerprint density at radius 3 is 2.31 bits per heavy atom. The number of hydrogen-bond acceptors (Lipinski definition) is 5. The number of aryl methyl sites for hydroxylation is 2. The van der Waals surface area contributed by atoms with Crippen molar-refractivity contribution in [3.8, 4) is 16.9 Å². The maximum absolute atomic E-state index is 13.2. The molecule has 0 saturated carbocycles. The molecule has 0 atom stereocenters. The van der Waals surface area contributed by atoms with E-state index in [9.17, 15) is 13.2 Å². The van der Waals surface area contributed by atoms with Gasteiger partial charge in [-0.15, -0.1) is 0 Å². The molecule has 0 aliphatic carbocycles. The molecule has 0 radical (unpaired) electrons. The molecule has 0 bridgehead atoms. The van der Waals surface area contributed by atoms with E-state index in [-0.39, 0.29) is 0 Å². The van der Waals surface area contributed by atoms with Gasteiger partial charge in [0, 0.05) is 49.2 Å². The maximum Gasteiger partial charge on any atom is 0.416 e. The molecular weight excluding hydrogens is 455 g/mol. The van der Waals surface area contributed by atoms with Gasteiger partial charge < -0.3 is 14.5 Å². The quantitative estimate of drug-likeness (QED) is 0.392. The van der Waals surface area contributed by atoms with E-state index in [1.54, 1.807) is 13.2 Å². The first-order chi connectivity index (χ1) is 16.8. The molecule has 0 N–H and O–H groups in total. The molecule has 0 amide bonds. The van der Waals surface area contributed by atoms with E-state index in [0.29, 0.717) is 31.9 Å². The molecule has 6 nitrogen and oxygen atoms in total. The molecule has 35 heavy (non-hydrogen) atoms. The molecule has 1 saturated heterocycles. The van der Waals surface area contributed by atoms with Crippen LogP contribution in [0.4, 0.5) is 24.7 Å². The van der Waals surface area contributed by atoms with Crippen molar-refractivity contribution in [2.24, 2.45) is 0 Å². The Morgan fingerprint density at radius 1 is 0.886 bits per heavy atom. The maximum atomic E-state index is 13.2. The Labute approximate surface area is 201 Å². The first-order valence-corrected chi connectivity index (χ1v) is 11.4. The molecule has 0 unspecified atom stereocenters. The van der Waals surface area contributed by atoms with Crippen molar-refractivity contribution < 1.29 is 17.9 Å². The normalized spacial score (nSPS) is 14.6. The first-order valence-electron chi connectivity index (χ1n) is 11.4. The van der Waals surface area contributed by atoms with Gasteiger partial charge in [-0.05, 0) is 38.1 Å². The number of halogens is 3. The Morgan fingerprint density at radius 2 is 1.60 bits per heavy atom. The first kappa shape index (κ1) is 23.0. The van der Waals surface area contributed by atoms with Gasteiger partial charge in [0.1, 0.15) is 11.6 Å². The third-order valence-electron chi connectivity index (χ3n) is 6.39. The number of piperazine rings is 1. The van der Waals surface area contributed by atoms with E-state index in [4.69, 9.17) is 14.8 Å². The van der Waals surface area contributed by atoms with Crippen molar-refractivity contribution in [3.05, 3.63) is 71.5 Å². The fourth-order valence-corrected chi connectivity index (χ4v) is 4.69. The minimum Gasteiger partial charge on any atom is -0.496 e. The van der Waals surface area contributed by atoms with E-state index in [2.05, 4.69) is 4.90 Å². The van der Waals surface area contributed by atoms with Crippen molar-refractivity contribution in [2.75, 3.05) is 43.1 Å². The second-order valence-electron chi connectivity index (χ2n) is 8.67. The highest BCUT2D eigenvalue weighted by Crippen LogP contribution is 2.36. The zero-order chi connectivity index (χ0) is 24.7. The zero-order valence-corrected chi connectivity index (χ0v) is 19.8. The fraction of sp³-hybridized carbons (Fsp3) is 0.308. The van der Waals surface area contributed by atoms with Gasteiger partial charge in [0.05, 0.1) is 23.9 Å². The summed E-state index contributed by atoms with van der Waals surface area (Å²) in [6.45, 7) is 6.42. The highest BCUT2D eigenvalue weighted by atomic mass is 19.4. The third kappa shape index (κ3) is 4.26. The Balaban J connectivity index is 1.46. The third-order valence-corrected chi connectivity index (χ3v) is 6.39. The summed E-state index contributed by atoms with van der Waals surface area (Å²) in [5.74, 6) is 1.67. The predicted octanol–water partition coefficient (Wildman–Crippen LogP) is 5.37. The van der Waals surface area contributed by atoms with Crippen LogP contribution in [-0.4, -0.2) is 47.9 Å². The lowest BCUT2D eigenvalue weighted by Crippen LogP contribution is -2.47. The average molecular weight is 482 g/mol. The molecular formula is C26H26F3N5O. The average Bonchev–Trinajstić information content (AvgIpc) is 3.18. The van der Waals surface area contributed by atoms with Crippen molar-refractivity contribution >= 4 is 17.2 Å². The number of anilines is 2. The SMILES string of the molecule is COc1ccccc1-c1c(C)nn2c(N3CCN(c4cccc(C(F)(F)F)c4)CC3)cc(C)nc12. The van der Waals surface area contributed by atoms with E-state index >= 15 is 0 Å². The molecule has 9 heteroatoms. The van der Waals surface area contributed by atoms with Gasteiger partial charge in [0.15, 0.2) is 5.65 Å². The van der Waals surface area contributed by atoms with Gasteiger partial charge in [-0.2, -0.15) is 22.8 Å². The van der Waals surface area contributed by atoms with Gasteiger partial charge in [0.2, 0.25) is 0 Å². The second-order valence-corrected chi connectivity index (χ2v) is 8.67. The van der Waals surface area contributed by atoms with Gasteiger partial charge >= 0.3 is 6.18 Å². The number of rotatable bonds is 4. The van der Waals surface area contributed by atoms with Crippen molar-refractivity contribution in [1.29, 1.82) is 0 Å². The number of hydrogen-bond donors (Lipinski definition) is 0. The Hall–Kier alpha value is -3.75. The lowest BCUT2D eigenvalue weighted by Gasteiger charge is -2.37. The Kier molecular flexibility index (Phi) is 5.78. The number of benzene rings is 2. The number of para-hydroxylation sites is 1. The van der Waals surface area contributed by atoms with Crippen LogP contribution in [0.3, 0.4) is 0 Å². The topological polar surface area (TPSA) is 45.9 Å². The molecule has 0 spiro atoms. The summed E-state index contributed by atoms with van der Waals surface area (Å²) >= 11 is 0. The molecule has 1 fully saturated rings. The van der Waals surface area contributed by atoms with Crippen LogP contribution in [0.5, 0.6) is 5.75 Å². The van der Waals surface area contributed by atoms with E-state index in [1.807, 2.05) is 53.6 Å². The number of ether oxygens (including phenoxy) is 1. The minimum absolute atomic E-state index is 0.587. The summed E-state index contributed by atoms with van der Waals surface area (Å²) in [5, 5.41) is 4.82. The highest BCUT2D eigenvalue weighted by molar-refractivity contribution is 5.84. The van der Waals surface area contributed by atoms with Crippen LogP contribution in [-0.2, 0) is 6.18 Å². The van der Waals surface area contributed by atoms with Gasteiger partial charge in [-0.25, -0.2) is 4.98 Å². The van der Waals surface area contributed by atoms with E-state index in [1.165, 1.54) is 12.1 Å². The minimum atomic E-state index is -4.35. The molecule has 5 rings (SSSR count). The summed E-state index contributed by atoms with van der Waals surface area (Å²) < 4.78 is 46.9. The summed E-state index contributed by atoms with van der Waals surface area (Å²) in [5.41, 5.74) is 4.28. The lowest BCUT2D eigenvalue weighted by molar-refractivity contribution is -0.137. The molecule has 2 aromatic heterocycles. The number of methoxy groups -OCH3 is 1. The summed E-state index contributed by atoms with van der Waals surface area (Å²) in [6, 6.07) is 15.3. The highest BCUT2D eigenvalue weighted by Gasteiger charge is 2.31. The largest absolute Gasteiger partial charge is 0.496 e. The molecule has 2 aromatic carbocycles. The van der Waals surface area contributed by atoms with E-state index < -0.39 is 11.7 Å². The van der Waals surface area contributed by atoms with Crippen LogP contribution < -0.4 is 14.5 Å². The summed E-state index contributed by atoms with van der Waals surface area (Å²) in [6.07, 6.45) is -4.35. The molecule has 1 aliphatic heterocycles. The van der Waals surface area contributed by atoms with Crippen LogP contribution in [0.1, 0.15) is 17.0 Å². The number of aromatic nitrogens is 3. The number of alkyl halides is 3. The van der Waals surface area contributed by atoms with Crippen molar-refractivity contribution in [3.63, 3.8) is 0 Å². The van der Waals surface area contributed by atoms with Gasteiger partial charge in [-0.3, -0.25) is 0 Å². The smallest absolute Gasteiger partial charge is 0.416 e. The monoisotopic (exact) mass is 481 g/mol. The van der Waals surface area contributed by atoms with Gasteiger partial charge in [-0.1, -0.05) is 24.3 Å². The summed E-state index contributed by atoms with van der Waals surface area (Å²) in [7, 11) is 1.65. The van der Waals surface area contributed by atoms with Crippen LogP contribution in [0.25, 0.3) is 16.8 Å². The molecule has 3 heterocycles. The number of nitrogens with zero attached hydrogens (tertiary/aromatic N) is 5. The van der Waals surface area contributed by atoms with Crippen molar-refractivity contribution in [1.82, 2.24) is 14.6 Å². The second kappa shape index (κ2) is 8.79. The molecule has 182 valence electrons. The van der Waals surface area contributed by atoms with Crippen LogP contribution in [0.2, 0.25) is 0 Å². The fourth-order valence-electron chi connectivity index (χ4n) is 4.69. The standard InChI is InChI=1S/C26H26F3N5O/c1-17-15-23(33-13-11-32(12-14-33)20-8-6-7-19(16-20)26(27,28)29)34-25(30-17)24(18(2)31-34)21-9-4-5-10-22(21)35-3/h4-10,15-16H,11-14H2,1-3H3. The molecule has 1 aliphatic rings. The van der Waals surface area contributed by atoms with Crippen LogP contribution in [0, 0.1) is 13.8 Å². The van der Waals surface area contributed by atoms with E-state index in [0.717, 1.165) is 45.8 Å². The molecule has 4 aromatic rings. The predicted molar refractivity (Wildman–Crippen MR) is 130 cm³/mol. The van der Waals surface area contributed by atoms with Crippen LogP contribution in [0.15, 0.2) is 54.6 Å². The summed E-state index contributed by atoms with van der Waals surface area (Å²) in [4.78, 5) is 9.00. The zero-order valence-electron chi connectivity index (χ0n) is 19.8.